The molecule has 0 saturated carbocycles. The third-order valence-corrected chi connectivity index (χ3v) is 4.83. The summed E-state index contributed by atoms with van der Waals surface area (Å²) >= 11 is 0. The predicted molar refractivity (Wildman–Crippen MR) is 125 cm³/mol. The number of allylic oxidation sites excluding steroid dienone is 1. The van der Waals surface area contributed by atoms with Gasteiger partial charge in [0.25, 0.3) is 11.6 Å². The quantitative estimate of drug-likeness (QED) is 0.165. The van der Waals surface area contributed by atoms with Crippen LogP contribution in [0.2, 0.25) is 0 Å². The average molecular weight is 438 g/mol. The number of nitrogens with zero attached hydrogens (tertiary/aromatic N) is 1. The molecule has 1 amide bonds. The molecule has 0 bridgehead atoms. The van der Waals surface area contributed by atoms with Crippen molar-refractivity contribution in [1.82, 2.24) is 0 Å². The van der Waals surface area contributed by atoms with Crippen LogP contribution >= 0.6 is 0 Å². The molecule has 33 heavy (non-hydrogen) atoms. The van der Waals surface area contributed by atoms with Crippen molar-refractivity contribution in [1.29, 1.82) is 0 Å². The normalized spacial score (nSPS) is 10.8. The zero-order valence-corrected chi connectivity index (χ0v) is 17.3. The molecular formula is C26H18N2O5. The first-order chi connectivity index (χ1) is 16.0. The van der Waals surface area contributed by atoms with E-state index in [-0.39, 0.29) is 17.4 Å². The van der Waals surface area contributed by atoms with Crippen molar-refractivity contribution in [2.45, 2.75) is 0 Å². The second-order valence-corrected chi connectivity index (χ2v) is 7.07. The summed E-state index contributed by atoms with van der Waals surface area (Å²) in [7, 11) is 0. The molecule has 1 heterocycles. The first kappa shape index (κ1) is 21.5. The van der Waals surface area contributed by atoms with Gasteiger partial charge in [-0.1, -0.05) is 42.5 Å². The van der Waals surface area contributed by atoms with E-state index in [1.165, 1.54) is 18.2 Å². The highest BCUT2D eigenvalue weighted by molar-refractivity contribution is 6.08. The van der Waals surface area contributed by atoms with E-state index >= 15 is 0 Å². The van der Waals surface area contributed by atoms with Gasteiger partial charge in [0.2, 0.25) is 0 Å². The predicted octanol–water partition coefficient (Wildman–Crippen LogP) is 6.00. The molecule has 0 radical (unpaired) electrons. The van der Waals surface area contributed by atoms with E-state index in [2.05, 4.69) is 5.32 Å². The fraction of sp³-hybridized carbons (Fsp3) is 0. The molecule has 0 saturated heterocycles. The Balaban J connectivity index is 1.47. The smallest absolute Gasteiger partial charge is 0.280 e. The Morgan fingerprint density at radius 1 is 0.848 bits per heavy atom. The van der Waals surface area contributed by atoms with Gasteiger partial charge in [-0.3, -0.25) is 19.7 Å². The second-order valence-electron chi connectivity index (χ2n) is 7.07. The van der Waals surface area contributed by atoms with E-state index in [0.717, 1.165) is 0 Å². The minimum absolute atomic E-state index is 0.0622. The number of rotatable bonds is 7. The lowest BCUT2D eigenvalue weighted by molar-refractivity contribution is -0.384. The van der Waals surface area contributed by atoms with E-state index in [9.17, 15) is 19.7 Å². The van der Waals surface area contributed by atoms with Gasteiger partial charge in [-0.2, -0.15) is 0 Å². The summed E-state index contributed by atoms with van der Waals surface area (Å²) in [6, 6.07) is 24.9. The summed E-state index contributed by atoms with van der Waals surface area (Å²) in [4.78, 5) is 35.7. The minimum Gasteiger partial charge on any atom is -0.456 e. The molecule has 0 aliphatic carbocycles. The van der Waals surface area contributed by atoms with E-state index in [4.69, 9.17) is 4.42 Å². The van der Waals surface area contributed by atoms with Gasteiger partial charge in [-0.15, -0.1) is 0 Å². The summed E-state index contributed by atoms with van der Waals surface area (Å²) in [5.74, 6) is 0.161. The number of carbonyl (C=O) groups is 2. The van der Waals surface area contributed by atoms with Crippen LogP contribution < -0.4 is 5.32 Å². The molecule has 0 aliphatic heterocycles. The highest BCUT2D eigenvalue weighted by Crippen LogP contribution is 2.31. The van der Waals surface area contributed by atoms with Gasteiger partial charge in [0.1, 0.15) is 11.5 Å². The molecule has 1 aromatic heterocycles. The maximum Gasteiger partial charge on any atom is 0.280 e. The van der Waals surface area contributed by atoms with Crippen LogP contribution in [0.5, 0.6) is 0 Å². The van der Waals surface area contributed by atoms with Crippen LogP contribution in [0.4, 0.5) is 11.4 Å². The van der Waals surface area contributed by atoms with Gasteiger partial charge in [0.15, 0.2) is 5.78 Å². The molecule has 4 aromatic rings. The van der Waals surface area contributed by atoms with E-state index in [1.807, 2.05) is 6.07 Å². The number of hydrogen-bond donors (Lipinski definition) is 1. The van der Waals surface area contributed by atoms with Gasteiger partial charge in [0.05, 0.1) is 10.5 Å². The van der Waals surface area contributed by atoms with Crippen molar-refractivity contribution in [2.24, 2.45) is 0 Å². The molecule has 0 spiro atoms. The molecule has 0 unspecified atom stereocenters. The highest BCUT2D eigenvalue weighted by Gasteiger charge is 2.16. The van der Waals surface area contributed by atoms with Crippen molar-refractivity contribution in [2.75, 3.05) is 5.32 Å². The molecule has 0 aliphatic rings. The number of anilines is 1. The Morgan fingerprint density at radius 2 is 1.58 bits per heavy atom. The van der Waals surface area contributed by atoms with Crippen molar-refractivity contribution in [3.8, 4) is 11.3 Å². The Morgan fingerprint density at radius 3 is 2.36 bits per heavy atom. The number of ketones is 1. The fourth-order valence-corrected chi connectivity index (χ4v) is 3.23. The number of hydrogen-bond acceptors (Lipinski definition) is 5. The van der Waals surface area contributed by atoms with Gasteiger partial charge >= 0.3 is 0 Å². The number of furan rings is 1. The van der Waals surface area contributed by atoms with Gasteiger partial charge < -0.3 is 9.73 Å². The zero-order valence-electron chi connectivity index (χ0n) is 17.3. The number of nitro groups is 1. The maximum absolute atomic E-state index is 12.6. The number of para-hydroxylation sites is 1. The average Bonchev–Trinajstić information content (AvgIpc) is 3.32. The Kier molecular flexibility index (Phi) is 6.22. The van der Waals surface area contributed by atoms with Crippen LogP contribution in [0.15, 0.2) is 101 Å². The first-order valence-electron chi connectivity index (χ1n) is 10.0. The van der Waals surface area contributed by atoms with Crippen molar-refractivity contribution in [3.05, 3.63) is 124 Å². The number of carbonyl (C=O) groups excluding carboxylic acids is 2. The summed E-state index contributed by atoms with van der Waals surface area (Å²) in [5, 5.41) is 14.0. The molecular weight excluding hydrogens is 420 g/mol. The highest BCUT2D eigenvalue weighted by atomic mass is 16.6. The lowest BCUT2D eigenvalue weighted by Gasteiger charge is -2.06. The standard InChI is InChI=1S/C26H18N2O5/c29-24(19-9-6-10-20(17-19)27-26(30)18-7-2-1-3-8-18)15-13-21-14-16-25(33-21)22-11-4-5-12-23(22)28(31)32/h1-17H,(H,27,30)/b15-13+. The topological polar surface area (TPSA) is 102 Å². The van der Waals surface area contributed by atoms with Gasteiger partial charge in [-0.25, -0.2) is 0 Å². The number of amides is 1. The SMILES string of the molecule is O=C(/C=C/c1ccc(-c2ccccc2[N+](=O)[O-])o1)c1cccc(NC(=O)c2ccccc2)c1. The van der Waals surface area contributed by atoms with E-state index < -0.39 is 4.92 Å². The Hall–Kier alpha value is -4.78. The Labute approximate surface area is 189 Å². The molecule has 1 N–H and O–H groups in total. The monoisotopic (exact) mass is 438 g/mol. The summed E-state index contributed by atoms with van der Waals surface area (Å²) in [6.45, 7) is 0. The van der Waals surface area contributed by atoms with Crippen LogP contribution in [0, 0.1) is 10.1 Å². The van der Waals surface area contributed by atoms with Crippen LogP contribution in [0.3, 0.4) is 0 Å². The van der Waals surface area contributed by atoms with Crippen molar-refractivity contribution >= 4 is 29.1 Å². The third kappa shape index (κ3) is 5.11. The number of nitro benzene ring substituents is 1. The summed E-state index contributed by atoms with van der Waals surface area (Å²) < 4.78 is 5.67. The first-order valence-corrected chi connectivity index (χ1v) is 10.0. The number of benzene rings is 3. The van der Waals surface area contributed by atoms with Crippen LogP contribution in [0.25, 0.3) is 17.4 Å². The molecule has 7 heteroatoms. The van der Waals surface area contributed by atoms with Crippen LogP contribution in [-0.2, 0) is 0 Å². The van der Waals surface area contributed by atoms with E-state index in [0.29, 0.717) is 33.9 Å². The molecule has 0 fully saturated rings. The Bertz CT molecular complexity index is 1360. The number of nitrogens with one attached hydrogen (secondary N) is 1. The van der Waals surface area contributed by atoms with Crippen LogP contribution in [-0.4, -0.2) is 16.6 Å². The summed E-state index contributed by atoms with van der Waals surface area (Å²) in [6.07, 6.45) is 2.84. The molecule has 162 valence electrons. The largest absolute Gasteiger partial charge is 0.456 e. The van der Waals surface area contributed by atoms with Gasteiger partial charge in [-0.05, 0) is 54.6 Å². The minimum atomic E-state index is -0.472. The van der Waals surface area contributed by atoms with Gasteiger partial charge in [0, 0.05) is 22.9 Å². The molecule has 0 atom stereocenters. The van der Waals surface area contributed by atoms with Crippen molar-refractivity contribution < 1.29 is 18.9 Å². The molecule has 3 aromatic carbocycles. The summed E-state index contributed by atoms with van der Waals surface area (Å²) in [5.41, 5.74) is 1.70. The van der Waals surface area contributed by atoms with Crippen molar-refractivity contribution in [3.63, 3.8) is 0 Å². The fourth-order valence-electron chi connectivity index (χ4n) is 3.23. The third-order valence-electron chi connectivity index (χ3n) is 4.83. The lowest BCUT2D eigenvalue weighted by atomic mass is 10.1. The lowest BCUT2D eigenvalue weighted by Crippen LogP contribution is -2.12. The maximum atomic E-state index is 12.6. The zero-order chi connectivity index (χ0) is 23.2. The second kappa shape index (κ2) is 9.57. The van der Waals surface area contributed by atoms with E-state index in [1.54, 1.807) is 78.9 Å². The molecule has 7 nitrogen and oxygen atoms in total. The van der Waals surface area contributed by atoms with Crippen LogP contribution in [0.1, 0.15) is 26.5 Å². The molecule has 4 rings (SSSR count).